The van der Waals surface area contributed by atoms with E-state index in [1.807, 2.05) is 64.2 Å². The second kappa shape index (κ2) is 11.6. The highest BCUT2D eigenvalue weighted by molar-refractivity contribution is 7.80. The van der Waals surface area contributed by atoms with Crippen LogP contribution in [0.4, 0.5) is 11.4 Å². The summed E-state index contributed by atoms with van der Waals surface area (Å²) in [5, 5.41) is 7.89. The number of amides is 1. The zero-order valence-corrected chi connectivity index (χ0v) is 23.4. The molecule has 11 heteroatoms. The normalized spacial score (nSPS) is 16.7. The zero-order chi connectivity index (χ0) is 27.5. The van der Waals surface area contributed by atoms with E-state index in [2.05, 4.69) is 15.6 Å². The number of anilines is 2. The van der Waals surface area contributed by atoms with Crippen molar-refractivity contribution in [1.29, 1.82) is 0 Å². The lowest BCUT2D eigenvalue weighted by Crippen LogP contribution is -2.30. The molecule has 1 saturated heterocycles. The van der Waals surface area contributed by atoms with Gasteiger partial charge in [0.1, 0.15) is 18.4 Å². The molecule has 1 aliphatic rings. The lowest BCUT2D eigenvalue weighted by molar-refractivity contribution is -0.119. The number of hydrogen-bond donors (Lipinski definition) is 2. The summed E-state index contributed by atoms with van der Waals surface area (Å²) in [5.74, 6) is 0.208. The minimum absolute atomic E-state index is 0.0865. The first-order valence-corrected chi connectivity index (χ1v) is 13.2. The van der Waals surface area contributed by atoms with Crippen molar-refractivity contribution >= 4 is 57.8 Å². The van der Waals surface area contributed by atoms with Crippen molar-refractivity contribution in [3.05, 3.63) is 101 Å². The SMILES string of the molecule is COCC(=O)Nc1cc(N2C(=S)N[C@H](c3ccccn3)[C@@H]2c2cccn2-c2ccc(Cl)cc2Cl)ccc1OC. The minimum Gasteiger partial charge on any atom is -0.495 e. The highest BCUT2D eigenvalue weighted by Crippen LogP contribution is 2.44. The lowest BCUT2D eigenvalue weighted by Gasteiger charge is -2.29. The molecule has 39 heavy (non-hydrogen) atoms. The number of thiocarbonyl (C=S) groups is 1. The molecule has 1 amide bonds. The van der Waals surface area contributed by atoms with Gasteiger partial charge < -0.3 is 29.6 Å². The van der Waals surface area contributed by atoms with E-state index in [-0.39, 0.29) is 24.6 Å². The maximum absolute atomic E-state index is 12.3. The molecule has 200 valence electrons. The van der Waals surface area contributed by atoms with Gasteiger partial charge in [0.2, 0.25) is 5.91 Å². The molecule has 0 aliphatic carbocycles. The van der Waals surface area contributed by atoms with E-state index < -0.39 is 0 Å². The zero-order valence-electron chi connectivity index (χ0n) is 21.1. The van der Waals surface area contributed by atoms with Gasteiger partial charge in [-0.05, 0) is 72.9 Å². The number of carbonyl (C=O) groups is 1. The summed E-state index contributed by atoms with van der Waals surface area (Å²) in [6.45, 7) is -0.0865. The van der Waals surface area contributed by atoms with Gasteiger partial charge in [0, 0.05) is 35.9 Å². The Bertz CT molecular complexity index is 1510. The van der Waals surface area contributed by atoms with Crippen molar-refractivity contribution in [1.82, 2.24) is 14.9 Å². The predicted molar refractivity (Wildman–Crippen MR) is 157 cm³/mol. The van der Waals surface area contributed by atoms with Gasteiger partial charge in [-0.25, -0.2) is 0 Å². The largest absolute Gasteiger partial charge is 0.495 e. The van der Waals surface area contributed by atoms with Gasteiger partial charge in [-0.2, -0.15) is 0 Å². The number of methoxy groups -OCH3 is 2. The number of aromatic nitrogens is 2. The number of rotatable bonds is 8. The molecule has 2 atom stereocenters. The number of carbonyl (C=O) groups excluding carboxylic acids is 1. The van der Waals surface area contributed by atoms with Crippen LogP contribution < -0.4 is 20.3 Å². The molecular weight excluding hydrogens is 557 g/mol. The first kappa shape index (κ1) is 27.0. The number of pyridine rings is 1. The van der Waals surface area contributed by atoms with Gasteiger partial charge in [0.15, 0.2) is 5.11 Å². The Balaban J connectivity index is 1.64. The smallest absolute Gasteiger partial charge is 0.250 e. The summed E-state index contributed by atoms with van der Waals surface area (Å²) in [6, 6.07) is 20.1. The van der Waals surface area contributed by atoms with Gasteiger partial charge in [-0.15, -0.1) is 0 Å². The summed E-state index contributed by atoms with van der Waals surface area (Å²) in [5.41, 5.74) is 3.77. The maximum Gasteiger partial charge on any atom is 0.250 e. The predicted octanol–water partition coefficient (Wildman–Crippen LogP) is 5.95. The van der Waals surface area contributed by atoms with Crippen molar-refractivity contribution in [3.8, 4) is 11.4 Å². The molecular formula is C28H25Cl2N5O3S. The molecule has 0 radical (unpaired) electrons. The summed E-state index contributed by atoms with van der Waals surface area (Å²) in [7, 11) is 3.01. The van der Waals surface area contributed by atoms with Crippen LogP contribution in [0, 0.1) is 0 Å². The average molecular weight is 583 g/mol. The number of halogens is 2. The third-order valence-electron chi connectivity index (χ3n) is 6.36. The van der Waals surface area contributed by atoms with Gasteiger partial charge in [-0.1, -0.05) is 29.3 Å². The van der Waals surface area contributed by atoms with Crippen LogP contribution in [0.25, 0.3) is 5.69 Å². The third kappa shape index (κ3) is 5.44. The summed E-state index contributed by atoms with van der Waals surface area (Å²) in [4.78, 5) is 19.0. The molecule has 0 saturated carbocycles. The Hall–Kier alpha value is -3.63. The minimum atomic E-state index is -0.329. The molecule has 8 nitrogen and oxygen atoms in total. The van der Waals surface area contributed by atoms with Crippen molar-refractivity contribution in [2.24, 2.45) is 0 Å². The molecule has 0 spiro atoms. The number of benzene rings is 2. The summed E-state index contributed by atoms with van der Waals surface area (Å²) >= 11 is 18.7. The summed E-state index contributed by atoms with van der Waals surface area (Å²) < 4.78 is 12.5. The third-order valence-corrected chi connectivity index (χ3v) is 7.21. The Morgan fingerprint density at radius 2 is 1.95 bits per heavy atom. The van der Waals surface area contributed by atoms with Crippen LogP contribution in [0.15, 0.2) is 79.1 Å². The molecule has 3 heterocycles. The second-order valence-corrected chi connectivity index (χ2v) is 9.99. The Morgan fingerprint density at radius 3 is 2.67 bits per heavy atom. The van der Waals surface area contributed by atoms with Gasteiger partial charge in [0.05, 0.1) is 35.2 Å². The maximum atomic E-state index is 12.3. The van der Waals surface area contributed by atoms with Crippen molar-refractivity contribution in [2.45, 2.75) is 12.1 Å². The quantitative estimate of drug-likeness (QED) is 0.249. The van der Waals surface area contributed by atoms with Crippen molar-refractivity contribution in [3.63, 3.8) is 0 Å². The molecule has 2 aromatic heterocycles. The van der Waals surface area contributed by atoms with Gasteiger partial charge >= 0.3 is 0 Å². The molecule has 0 bridgehead atoms. The molecule has 0 unspecified atom stereocenters. The Labute approximate surface area is 241 Å². The van der Waals surface area contributed by atoms with Crippen molar-refractivity contribution in [2.75, 3.05) is 31.0 Å². The van der Waals surface area contributed by atoms with E-state index in [0.717, 1.165) is 22.8 Å². The van der Waals surface area contributed by atoms with Crippen LogP contribution >= 0.6 is 35.4 Å². The van der Waals surface area contributed by atoms with E-state index in [0.29, 0.717) is 26.6 Å². The van der Waals surface area contributed by atoms with Crippen LogP contribution in [0.2, 0.25) is 10.0 Å². The van der Waals surface area contributed by atoms with E-state index in [9.17, 15) is 4.79 Å². The fraction of sp³-hybridized carbons (Fsp3) is 0.179. The van der Waals surface area contributed by atoms with Crippen LogP contribution in [0.1, 0.15) is 23.5 Å². The van der Waals surface area contributed by atoms with Crippen LogP contribution in [-0.4, -0.2) is 41.4 Å². The molecule has 4 aromatic rings. The topological polar surface area (TPSA) is 80.7 Å². The lowest BCUT2D eigenvalue weighted by atomic mass is 10.0. The number of nitrogens with one attached hydrogen (secondary N) is 2. The first-order chi connectivity index (χ1) is 18.9. The Kier molecular flexibility index (Phi) is 8.04. The monoisotopic (exact) mass is 581 g/mol. The van der Waals surface area contributed by atoms with E-state index in [1.54, 1.807) is 31.5 Å². The molecule has 2 aromatic carbocycles. The number of hydrogen-bond acceptors (Lipinski definition) is 5. The van der Waals surface area contributed by atoms with E-state index in [4.69, 9.17) is 44.9 Å². The second-order valence-electron chi connectivity index (χ2n) is 8.76. The first-order valence-electron chi connectivity index (χ1n) is 12.0. The summed E-state index contributed by atoms with van der Waals surface area (Å²) in [6.07, 6.45) is 3.70. The average Bonchev–Trinajstić information content (AvgIpc) is 3.53. The fourth-order valence-electron chi connectivity index (χ4n) is 4.73. The highest BCUT2D eigenvalue weighted by Gasteiger charge is 2.42. The molecule has 2 N–H and O–H groups in total. The molecule has 1 aliphatic heterocycles. The fourth-order valence-corrected chi connectivity index (χ4v) is 5.57. The van der Waals surface area contributed by atoms with Crippen LogP contribution in [-0.2, 0) is 9.53 Å². The highest BCUT2D eigenvalue weighted by atomic mass is 35.5. The number of nitrogens with zero attached hydrogens (tertiary/aromatic N) is 3. The van der Waals surface area contributed by atoms with Gasteiger partial charge in [-0.3, -0.25) is 9.78 Å². The Morgan fingerprint density at radius 1 is 1.10 bits per heavy atom. The van der Waals surface area contributed by atoms with Crippen LogP contribution in [0.3, 0.4) is 0 Å². The van der Waals surface area contributed by atoms with Crippen LogP contribution in [0.5, 0.6) is 5.75 Å². The molecule has 5 rings (SSSR count). The number of ether oxygens (including phenoxy) is 2. The van der Waals surface area contributed by atoms with E-state index >= 15 is 0 Å². The molecule has 1 fully saturated rings. The van der Waals surface area contributed by atoms with Crippen molar-refractivity contribution < 1.29 is 14.3 Å². The van der Waals surface area contributed by atoms with E-state index in [1.165, 1.54) is 7.11 Å². The van der Waals surface area contributed by atoms with Gasteiger partial charge in [0.25, 0.3) is 0 Å². The standard InChI is InChI=1S/C28H25Cl2N5O3S/c1-37-16-25(36)32-21-15-18(9-11-24(21)38-2)35-27(26(33-28(35)39)20-6-3-4-12-31-20)23-7-5-13-34(23)22-10-8-17(29)14-19(22)30/h3-15,26-27H,16H2,1-2H3,(H,32,36)(H,33,39)/t26-,27+/m1/s1.